The Morgan fingerprint density at radius 3 is 2.63 bits per heavy atom. The first-order valence-electron chi connectivity index (χ1n) is 5.64. The van der Waals surface area contributed by atoms with Gasteiger partial charge in [-0.15, -0.1) is 0 Å². The molecule has 0 spiro atoms. The van der Waals surface area contributed by atoms with Crippen molar-refractivity contribution in [3.63, 3.8) is 0 Å². The molecular weight excluding hydrogens is 275 g/mol. The summed E-state index contributed by atoms with van der Waals surface area (Å²) in [5.41, 5.74) is 4.61. The molecule has 0 heterocycles. The van der Waals surface area contributed by atoms with E-state index in [2.05, 4.69) is 0 Å². The topological polar surface area (TPSA) is 103 Å². The Morgan fingerprint density at radius 1 is 1.47 bits per heavy atom. The van der Waals surface area contributed by atoms with Crippen molar-refractivity contribution < 1.29 is 17.7 Å². The van der Waals surface area contributed by atoms with Crippen molar-refractivity contribution in [1.82, 2.24) is 0 Å². The van der Waals surface area contributed by atoms with Gasteiger partial charge in [-0.3, -0.25) is 10.1 Å². The number of nitro groups is 1. The lowest BCUT2D eigenvalue weighted by atomic mass is 10.2. The van der Waals surface area contributed by atoms with E-state index in [-0.39, 0.29) is 11.3 Å². The number of hydrogen-bond acceptors (Lipinski definition) is 5. The number of nitro benzene ring substituents is 1. The zero-order valence-electron chi connectivity index (χ0n) is 10.4. The maximum absolute atomic E-state index is 13.7. The highest BCUT2D eigenvalue weighted by molar-refractivity contribution is 7.90. The van der Waals surface area contributed by atoms with Crippen LogP contribution in [-0.4, -0.2) is 25.1 Å². The maximum atomic E-state index is 13.7. The van der Waals surface area contributed by atoms with Crippen LogP contribution in [0.2, 0.25) is 0 Å². The first kappa shape index (κ1) is 15.5. The molecule has 8 heteroatoms. The van der Waals surface area contributed by atoms with Crippen LogP contribution in [0.5, 0.6) is 0 Å². The number of benzene rings is 1. The predicted octanol–water partition coefficient (Wildman–Crippen LogP) is 1.39. The van der Waals surface area contributed by atoms with E-state index < -0.39 is 38.1 Å². The molecule has 2 N–H and O–H groups in total. The van der Waals surface area contributed by atoms with E-state index >= 15 is 0 Å². The largest absolute Gasteiger partial charge is 0.327 e. The lowest BCUT2D eigenvalue weighted by Crippen LogP contribution is -2.29. The van der Waals surface area contributed by atoms with E-state index in [1.54, 1.807) is 6.92 Å². The third-order valence-corrected chi connectivity index (χ3v) is 4.31. The van der Waals surface area contributed by atoms with E-state index in [0.29, 0.717) is 6.42 Å². The molecule has 1 rings (SSSR count). The fraction of sp³-hybridized carbons (Fsp3) is 0.455. The van der Waals surface area contributed by atoms with E-state index in [4.69, 9.17) is 5.73 Å². The third-order valence-electron chi connectivity index (χ3n) is 2.62. The fourth-order valence-electron chi connectivity index (χ4n) is 1.56. The second kappa shape index (κ2) is 6.07. The van der Waals surface area contributed by atoms with Gasteiger partial charge >= 0.3 is 5.69 Å². The van der Waals surface area contributed by atoms with Gasteiger partial charge in [0.25, 0.3) is 0 Å². The average molecular weight is 290 g/mol. The number of hydrogen-bond donors (Lipinski definition) is 1. The lowest BCUT2D eigenvalue weighted by Gasteiger charge is -2.10. The van der Waals surface area contributed by atoms with Crippen molar-refractivity contribution >= 4 is 15.5 Å². The maximum Gasteiger partial charge on any atom is 0.305 e. The molecule has 0 radical (unpaired) electrons. The minimum atomic E-state index is -3.60. The summed E-state index contributed by atoms with van der Waals surface area (Å²) in [7, 11) is -3.60. The van der Waals surface area contributed by atoms with Crippen LogP contribution in [-0.2, 0) is 15.6 Å². The number of nitrogens with two attached hydrogens (primary N) is 1. The Bertz CT molecular complexity index is 574. The van der Waals surface area contributed by atoms with Crippen LogP contribution in [0.3, 0.4) is 0 Å². The zero-order chi connectivity index (χ0) is 14.6. The summed E-state index contributed by atoms with van der Waals surface area (Å²) in [6, 6.07) is 2.94. The van der Waals surface area contributed by atoms with Gasteiger partial charge in [-0.1, -0.05) is 19.1 Å². The molecule has 1 atom stereocenters. The molecule has 0 aliphatic carbocycles. The molecular formula is C11H15FN2O4S. The highest BCUT2D eigenvalue weighted by atomic mass is 32.2. The molecule has 0 bridgehead atoms. The number of nitrogens with zero attached hydrogens (tertiary/aromatic N) is 1. The summed E-state index contributed by atoms with van der Waals surface area (Å²) >= 11 is 0. The van der Waals surface area contributed by atoms with Crippen LogP contribution < -0.4 is 5.73 Å². The third kappa shape index (κ3) is 4.25. The molecule has 1 unspecified atom stereocenters. The van der Waals surface area contributed by atoms with Crippen LogP contribution >= 0.6 is 0 Å². The summed E-state index contributed by atoms with van der Waals surface area (Å²) in [6.45, 7) is 1.74. The van der Waals surface area contributed by atoms with Crippen LogP contribution in [0.4, 0.5) is 10.1 Å². The monoisotopic (exact) mass is 290 g/mol. The van der Waals surface area contributed by atoms with Gasteiger partial charge in [0, 0.05) is 17.7 Å². The van der Waals surface area contributed by atoms with Gasteiger partial charge in [0.2, 0.25) is 5.82 Å². The van der Waals surface area contributed by atoms with Crippen LogP contribution in [0, 0.1) is 15.9 Å². The molecule has 0 amide bonds. The molecule has 106 valence electrons. The first-order valence-corrected chi connectivity index (χ1v) is 7.46. The van der Waals surface area contributed by atoms with Gasteiger partial charge in [0.15, 0.2) is 9.84 Å². The van der Waals surface area contributed by atoms with Crippen molar-refractivity contribution in [3.8, 4) is 0 Å². The summed E-state index contributed by atoms with van der Waals surface area (Å²) in [4.78, 5) is 9.67. The van der Waals surface area contributed by atoms with Gasteiger partial charge in [-0.25, -0.2) is 8.42 Å². The van der Waals surface area contributed by atoms with E-state index in [9.17, 15) is 22.9 Å². The van der Waals surface area contributed by atoms with Crippen molar-refractivity contribution in [2.75, 3.05) is 5.75 Å². The average Bonchev–Trinajstić information content (AvgIpc) is 2.30. The smallest absolute Gasteiger partial charge is 0.305 e. The second-order valence-electron chi connectivity index (χ2n) is 4.23. The van der Waals surface area contributed by atoms with E-state index in [0.717, 1.165) is 6.07 Å². The molecule has 1 aromatic rings. The molecule has 0 aromatic heterocycles. The molecule has 0 fully saturated rings. The Hall–Kier alpha value is -1.54. The quantitative estimate of drug-likeness (QED) is 0.629. The Morgan fingerprint density at radius 2 is 2.11 bits per heavy atom. The van der Waals surface area contributed by atoms with E-state index in [1.165, 1.54) is 12.1 Å². The Kier molecular flexibility index (Phi) is 4.96. The standard InChI is InChI=1S/C11H15FN2O4S/c1-2-9(13)7-19(17,18)6-8-4-3-5-10(11(8)12)14(15)16/h3-5,9H,2,6-7,13H2,1H3. The molecule has 0 saturated heterocycles. The van der Waals surface area contributed by atoms with Crippen LogP contribution in [0.1, 0.15) is 18.9 Å². The zero-order valence-corrected chi connectivity index (χ0v) is 11.2. The van der Waals surface area contributed by atoms with Crippen LogP contribution in [0.15, 0.2) is 18.2 Å². The second-order valence-corrected chi connectivity index (χ2v) is 6.34. The van der Waals surface area contributed by atoms with Gasteiger partial charge in [-0.05, 0) is 6.42 Å². The van der Waals surface area contributed by atoms with E-state index in [1.807, 2.05) is 0 Å². The minimum absolute atomic E-state index is 0.211. The van der Waals surface area contributed by atoms with Gasteiger partial charge in [0.05, 0.1) is 16.4 Å². The van der Waals surface area contributed by atoms with Gasteiger partial charge in [0.1, 0.15) is 0 Å². The summed E-state index contributed by atoms with van der Waals surface area (Å²) in [5.74, 6) is -1.97. The Balaban J connectivity index is 3.00. The van der Waals surface area contributed by atoms with Gasteiger partial charge < -0.3 is 5.73 Å². The molecule has 19 heavy (non-hydrogen) atoms. The number of rotatable bonds is 6. The van der Waals surface area contributed by atoms with Crippen LogP contribution in [0.25, 0.3) is 0 Å². The molecule has 1 aromatic carbocycles. The first-order chi connectivity index (χ1) is 8.76. The van der Waals surface area contributed by atoms with Crippen molar-refractivity contribution in [3.05, 3.63) is 39.7 Å². The molecule has 0 aliphatic rings. The Labute approximate surface area is 110 Å². The number of sulfone groups is 1. The lowest BCUT2D eigenvalue weighted by molar-refractivity contribution is -0.387. The summed E-state index contributed by atoms with van der Waals surface area (Å²) < 4.78 is 37.3. The minimum Gasteiger partial charge on any atom is -0.327 e. The molecule has 0 aliphatic heterocycles. The summed E-state index contributed by atoms with van der Waals surface area (Å²) in [5, 5.41) is 10.6. The highest BCUT2D eigenvalue weighted by Crippen LogP contribution is 2.22. The molecule has 0 saturated carbocycles. The molecule has 6 nitrogen and oxygen atoms in total. The summed E-state index contributed by atoms with van der Waals surface area (Å²) in [6.07, 6.45) is 0.483. The highest BCUT2D eigenvalue weighted by Gasteiger charge is 2.22. The van der Waals surface area contributed by atoms with Crippen molar-refractivity contribution in [2.45, 2.75) is 25.1 Å². The fourth-order valence-corrected chi connectivity index (χ4v) is 3.26. The predicted molar refractivity (Wildman–Crippen MR) is 68.8 cm³/mol. The van der Waals surface area contributed by atoms with Crippen molar-refractivity contribution in [1.29, 1.82) is 0 Å². The number of halogens is 1. The van der Waals surface area contributed by atoms with Gasteiger partial charge in [-0.2, -0.15) is 4.39 Å². The SMILES string of the molecule is CCC(N)CS(=O)(=O)Cc1cccc([N+](=O)[O-])c1F. The normalized spacial score (nSPS) is 13.2. The van der Waals surface area contributed by atoms with Crippen molar-refractivity contribution in [2.24, 2.45) is 5.73 Å².